The molecule has 3 rings (SSSR count). The minimum absolute atomic E-state index is 0.153. The van der Waals surface area contributed by atoms with Crippen molar-refractivity contribution in [2.24, 2.45) is 0 Å². The Hall–Kier alpha value is -3.06. The fraction of sp³-hybridized carbons (Fsp3) is 0.105. The largest absolute Gasteiger partial charge is 0.497 e. The normalized spacial score (nSPS) is 11.0. The van der Waals surface area contributed by atoms with Crippen molar-refractivity contribution in [1.29, 1.82) is 0 Å². The topological polar surface area (TPSA) is 80.3 Å². The van der Waals surface area contributed by atoms with E-state index in [1.54, 1.807) is 24.3 Å². The number of sulfonamides is 1. The van der Waals surface area contributed by atoms with Gasteiger partial charge >= 0.3 is 0 Å². The minimum Gasteiger partial charge on any atom is -0.497 e. The van der Waals surface area contributed by atoms with Crippen LogP contribution in [0.2, 0.25) is 0 Å². The van der Waals surface area contributed by atoms with Gasteiger partial charge in [-0.3, -0.25) is 4.72 Å². The molecule has 26 heavy (non-hydrogen) atoms. The van der Waals surface area contributed by atoms with Gasteiger partial charge in [0, 0.05) is 5.69 Å². The SMILES string of the molecule is COc1ccc(S(=O)(=O)Nc2ccc(Nc3ccc(C)cc3)nc2)cc1. The van der Waals surface area contributed by atoms with Gasteiger partial charge in [-0.15, -0.1) is 0 Å². The van der Waals surface area contributed by atoms with Crippen LogP contribution in [-0.4, -0.2) is 20.5 Å². The van der Waals surface area contributed by atoms with Crippen LogP contribution in [-0.2, 0) is 10.0 Å². The Bertz CT molecular complexity index is 968. The van der Waals surface area contributed by atoms with E-state index in [0.29, 0.717) is 17.3 Å². The molecule has 0 aliphatic carbocycles. The van der Waals surface area contributed by atoms with Crippen molar-refractivity contribution in [2.45, 2.75) is 11.8 Å². The van der Waals surface area contributed by atoms with E-state index in [1.165, 1.54) is 31.0 Å². The molecule has 0 aliphatic rings. The number of nitrogens with one attached hydrogen (secondary N) is 2. The number of nitrogens with zero attached hydrogens (tertiary/aromatic N) is 1. The predicted octanol–water partition coefficient (Wildman–Crippen LogP) is 3.94. The van der Waals surface area contributed by atoms with E-state index in [9.17, 15) is 8.42 Å². The fourth-order valence-corrected chi connectivity index (χ4v) is 3.33. The molecule has 2 aromatic carbocycles. The van der Waals surface area contributed by atoms with Crippen LogP contribution in [0.25, 0.3) is 0 Å². The first kappa shape index (κ1) is 17.8. The maximum absolute atomic E-state index is 12.4. The van der Waals surface area contributed by atoms with Crippen molar-refractivity contribution in [1.82, 2.24) is 4.98 Å². The summed E-state index contributed by atoms with van der Waals surface area (Å²) >= 11 is 0. The monoisotopic (exact) mass is 369 g/mol. The van der Waals surface area contributed by atoms with Crippen molar-refractivity contribution in [3.63, 3.8) is 0 Å². The Labute approximate surface area is 152 Å². The summed E-state index contributed by atoms with van der Waals surface area (Å²) in [6.45, 7) is 2.02. The van der Waals surface area contributed by atoms with Gasteiger partial charge in [0.15, 0.2) is 0 Å². The van der Waals surface area contributed by atoms with E-state index in [4.69, 9.17) is 4.74 Å². The molecule has 2 N–H and O–H groups in total. The summed E-state index contributed by atoms with van der Waals surface area (Å²) < 4.78 is 32.4. The van der Waals surface area contributed by atoms with Gasteiger partial charge in [0.2, 0.25) is 0 Å². The molecule has 6 nitrogen and oxygen atoms in total. The Kier molecular flexibility index (Phi) is 5.09. The summed E-state index contributed by atoms with van der Waals surface area (Å²) in [5, 5.41) is 3.16. The lowest BCUT2D eigenvalue weighted by atomic mass is 10.2. The Morgan fingerprint density at radius 2 is 1.54 bits per heavy atom. The lowest BCUT2D eigenvalue weighted by molar-refractivity contribution is 0.414. The zero-order valence-corrected chi connectivity index (χ0v) is 15.2. The molecule has 1 heterocycles. The van der Waals surface area contributed by atoms with Gasteiger partial charge in [-0.2, -0.15) is 0 Å². The van der Waals surface area contributed by atoms with E-state index < -0.39 is 10.0 Å². The molecule has 134 valence electrons. The van der Waals surface area contributed by atoms with E-state index in [-0.39, 0.29) is 4.90 Å². The zero-order valence-electron chi connectivity index (χ0n) is 14.4. The molecule has 0 fully saturated rings. The maximum Gasteiger partial charge on any atom is 0.261 e. The highest BCUT2D eigenvalue weighted by Crippen LogP contribution is 2.20. The molecule has 0 aliphatic heterocycles. The average Bonchev–Trinajstić information content (AvgIpc) is 2.65. The molecule has 1 aromatic heterocycles. The Morgan fingerprint density at radius 1 is 0.885 bits per heavy atom. The van der Waals surface area contributed by atoms with Gasteiger partial charge in [0.05, 0.1) is 23.9 Å². The van der Waals surface area contributed by atoms with Gasteiger partial charge in [-0.05, 0) is 55.5 Å². The standard InChI is InChI=1S/C19H19N3O3S/c1-14-3-5-15(6-4-14)21-19-12-7-16(13-20-19)22-26(23,24)18-10-8-17(25-2)9-11-18/h3-13,22H,1-2H3,(H,20,21). The van der Waals surface area contributed by atoms with Gasteiger partial charge < -0.3 is 10.1 Å². The molecule has 3 aromatic rings. The van der Waals surface area contributed by atoms with Gasteiger partial charge in [-0.25, -0.2) is 13.4 Å². The number of pyridine rings is 1. The van der Waals surface area contributed by atoms with Crippen LogP contribution < -0.4 is 14.8 Å². The first-order valence-corrected chi connectivity index (χ1v) is 9.41. The van der Waals surface area contributed by atoms with Crippen molar-refractivity contribution < 1.29 is 13.2 Å². The van der Waals surface area contributed by atoms with Crippen LogP contribution in [0.1, 0.15) is 5.56 Å². The second kappa shape index (κ2) is 7.45. The first-order valence-electron chi connectivity index (χ1n) is 7.93. The molecule has 0 amide bonds. The summed E-state index contributed by atoms with van der Waals surface area (Å²) in [5.41, 5.74) is 2.47. The van der Waals surface area contributed by atoms with E-state index in [1.807, 2.05) is 31.2 Å². The Morgan fingerprint density at radius 3 is 2.12 bits per heavy atom. The maximum atomic E-state index is 12.4. The van der Waals surface area contributed by atoms with Gasteiger partial charge in [-0.1, -0.05) is 17.7 Å². The second-order valence-electron chi connectivity index (χ2n) is 5.70. The molecular formula is C19H19N3O3S. The quantitative estimate of drug-likeness (QED) is 0.688. The first-order chi connectivity index (χ1) is 12.5. The summed E-state index contributed by atoms with van der Waals surface area (Å²) in [7, 11) is -2.15. The number of hydrogen-bond acceptors (Lipinski definition) is 5. The van der Waals surface area contributed by atoms with Crippen LogP contribution in [0.5, 0.6) is 5.75 Å². The molecule has 0 saturated carbocycles. The van der Waals surface area contributed by atoms with Gasteiger partial charge in [0.1, 0.15) is 11.6 Å². The third-order valence-electron chi connectivity index (χ3n) is 3.71. The van der Waals surface area contributed by atoms with Crippen molar-refractivity contribution in [2.75, 3.05) is 17.1 Å². The Balaban J connectivity index is 1.70. The number of aryl methyl sites for hydroxylation is 1. The number of benzene rings is 2. The molecule has 0 radical (unpaired) electrons. The molecule has 0 unspecified atom stereocenters. The predicted molar refractivity (Wildman–Crippen MR) is 103 cm³/mol. The third kappa shape index (κ3) is 4.31. The van der Waals surface area contributed by atoms with Crippen LogP contribution in [0.4, 0.5) is 17.2 Å². The molecule has 0 spiro atoms. The highest BCUT2D eigenvalue weighted by molar-refractivity contribution is 7.92. The lowest BCUT2D eigenvalue weighted by Crippen LogP contribution is -2.13. The number of anilines is 3. The third-order valence-corrected chi connectivity index (χ3v) is 5.11. The molecule has 0 saturated heterocycles. The second-order valence-corrected chi connectivity index (χ2v) is 7.39. The number of rotatable bonds is 6. The van der Waals surface area contributed by atoms with Crippen LogP contribution in [0.15, 0.2) is 71.8 Å². The van der Waals surface area contributed by atoms with Crippen LogP contribution >= 0.6 is 0 Å². The lowest BCUT2D eigenvalue weighted by Gasteiger charge is -2.10. The highest BCUT2D eigenvalue weighted by Gasteiger charge is 2.14. The summed E-state index contributed by atoms with van der Waals surface area (Å²) in [6.07, 6.45) is 1.47. The van der Waals surface area contributed by atoms with Crippen LogP contribution in [0, 0.1) is 6.92 Å². The number of ether oxygens (including phenoxy) is 1. The summed E-state index contributed by atoms with van der Waals surface area (Å²) in [5.74, 6) is 1.22. The van der Waals surface area contributed by atoms with E-state index in [2.05, 4.69) is 15.0 Å². The van der Waals surface area contributed by atoms with E-state index in [0.717, 1.165) is 5.69 Å². The van der Waals surface area contributed by atoms with Crippen LogP contribution in [0.3, 0.4) is 0 Å². The van der Waals surface area contributed by atoms with Crippen molar-refractivity contribution in [3.8, 4) is 5.75 Å². The minimum atomic E-state index is -3.68. The molecular weight excluding hydrogens is 350 g/mol. The number of aromatic nitrogens is 1. The van der Waals surface area contributed by atoms with E-state index >= 15 is 0 Å². The van der Waals surface area contributed by atoms with Gasteiger partial charge in [0.25, 0.3) is 10.0 Å². The van der Waals surface area contributed by atoms with Crippen molar-refractivity contribution in [3.05, 3.63) is 72.4 Å². The highest BCUT2D eigenvalue weighted by atomic mass is 32.2. The van der Waals surface area contributed by atoms with Crippen molar-refractivity contribution >= 4 is 27.2 Å². The fourth-order valence-electron chi connectivity index (χ4n) is 2.28. The molecule has 7 heteroatoms. The summed E-state index contributed by atoms with van der Waals surface area (Å²) in [4.78, 5) is 4.40. The zero-order chi connectivity index (χ0) is 18.6. The molecule has 0 bridgehead atoms. The summed E-state index contributed by atoms with van der Waals surface area (Å²) in [6, 6.07) is 17.5. The number of hydrogen-bond donors (Lipinski definition) is 2. The average molecular weight is 369 g/mol. The smallest absolute Gasteiger partial charge is 0.261 e. The number of methoxy groups -OCH3 is 1. The molecule has 0 atom stereocenters.